The van der Waals surface area contributed by atoms with Gasteiger partial charge in [-0.3, -0.25) is 4.98 Å². The van der Waals surface area contributed by atoms with Gasteiger partial charge in [0.1, 0.15) is 0 Å². The molecule has 0 saturated heterocycles. The first-order chi connectivity index (χ1) is 12.5. The van der Waals surface area contributed by atoms with Crippen LogP contribution in [0.2, 0.25) is 5.02 Å². The van der Waals surface area contributed by atoms with Crippen molar-refractivity contribution in [3.63, 3.8) is 0 Å². The summed E-state index contributed by atoms with van der Waals surface area (Å²) in [6, 6.07) is 15.5. The van der Waals surface area contributed by atoms with Gasteiger partial charge in [0, 0.05) is 23.0 Å². The van der Waals surface area contributed by atoms with Crippen molar-refractivity contribution >= 4 is 28.5 Å². The number of carbonyl (C=O) groups is 1. The van der Waals surface area contributed by atoms with Crippen LogP contribution in [-0.2, 0) is 11.3 Å². The molecule has 1 atom stereocenters. The average Bonchev–Trinajstić information content (AvgIpc) is 2.66. The molecule has 26 heavy (non-hydrogen) atoms. The minimum atomic E-state index is -0.372. The predicted octanol–water partition coefficient (Wildman–Crippen LogP) is 4.83. The van der Waals surface area contributed by atoms with Gasteiger partial charge in [-0.05, 0) is 37.1 Å². The summed E-state index contributed by atoms with van der Waals surface area (Å²) < 4.78 is 4.99. The Morgan fingerprint density at radius 1 is 1.19 bits per heavy atom. The highest BCUT2D eigenvalue weighted by Gasteiger charge is 2.20. The lowest BCUT2D eigenvalue weighted by Crippen LogP contribution is -2.22. The number of halogens is 1. The number of aryl methyl sites for hydroxylation is 1. The highest BCUT2D eigenvalue weighted by atomic mass is 35.5. The van der Waals surface area contributed by atoms with Crippen molar-refractivity contribution in [3.05, 3.63) is 75.9 Å². The van der Waals surface area contributed by atoms with E-state index >= 15 is 0 Å². The van der Waals surface area contributed by atoms with Crippen molar-refractivity contribution in [2.45, 2.75) is 26.4 Å². The van der Waals surface area contributed by atoms with Gasteiger partial charge >= 0.3 is 5.97 Å². The van der Waals surface area contributed by atoms with E-state index in [9.17, 15) is 4.79 Å². The maximum Gasteiger partial charge on any atom is 0.340 e. The van der Waals surface area contributed by atoms with Gasteiger partial charge < -0.3 is 10.1 Å². The number of esters is 1. The number of methoxy groups -OCH3 is 1. The van der Waals surface area contributed by atoms with Crippen molar-refractivity contribution in [1.82, 2.24) is 10.3 Å². The molecule has 0 spiro atoms. The highest BCUT2D eigenvalue weighted by Crippen LogP contribution is 2.25. The second-order valence-electron chi connectivity index (χ2n) is 6.19. The lowest BCUT2D eigenvalue weighted by atomic mass is 10.0. The number of nitrogens with one attached hydrogen (secondary N) is 1. The molecular weight excluding hydrogens is 348 g/mol. The van der Waals surface area contributed by atoms with Crippen LogP contribution in [0.15, 0.2) is 48.5 Å². The normalized spacial score (nSPS) is 12.2. The van der Waals surface area contributed by atoms with Gasteiger partial charge in [0.2, 0.25) is 0 Å². The Labute approximate surface area is 158 Å². The number of para-hydroxylation sites is 1. The van der Waals surface area contributed by atoms with Crippen LogP contribution in [0.3, 0.4) is 0 Å². The third-order valence-corrected chi connectivity index (χ3v) is 4.91. The summed E-state index contributed by atoms with van der Waals surface area (Å²) in [4.78, 5) is 17.1. The standard InChI is InChI=1S/C21H21ClN2O2/c1-13-15-8-5-7-11-18(15)24-19(20(13)21(25)26-3)12-23-14(2)16-9-4-6-10-17(16)22/h4-11,14,23H,12H2,1-3H3/t14-/m1/s1. The molecule has 4 nitrogen and oxygen atoms in total. The predicted molar refractivity (Wildman–Crippen MR) is 105 cm³/mol. The fraction of sp³-hybridized carbons (Fsp3) is 0.238. The fourth-order valence-electron chi connectivity index (χ4n) is 3.13. The van der Waals surface area contributed by atoms with E-state index in [1.165, 1.54) is 7.11 Å². The molecule has 0 bridgehead atoms. The quantitative estimate of drug-likeness (QED) is 0.655. The molecule has 134 valence electrons. The maximum atomic E-state index is 12.4. The Morgan fingerprint density at radius 2 is 1.88 bits per heavy atom. The minimum absolute atomic E-state index is 0.0165. The number of hydrogen-bond donors (Lipinski definition) is 1. The molecule has 1 N–H and O–H groups in total. The summed E-state index contributed by atoms with van der Waals surface area (Å²) in [6.07, 6.45) is 0. The van der Waals surface area contributed by atoms with Crippen molar-refractivity contribution in [3.8, 4) is 0 Å². The van der Waals surface area contributed by atoms with Crippen LogP contribution in [0.5, 0.6) is 0 Å². The Balaban J connectivity index is 1.96. The maximum absolute atomic E-state index is 12.4. The van der Waals surface area contributed by atoms with Gasteiger partial charge in [-0.2, -0.15) is 0 Å². The highest BCUT2D eigenvalue weighted by molar-refractivity contribution is 6.31. The zero-order valence-electron chi connectivity index (χ0n) is 15.0. The number of rotatable bonds is 5. The van der Waals surface area contributed by atoms with E-state index in [4.69, 9.17) is 21.3 Å². The third kappa shape index (κ3) is 3.57. The van der Waals surface area contributed by atoms with Crippen molar-refractivity contribution in [2.75, 3.05) is 7.11 Å². The fourth-order valence-corrected chi connectivity index (χ4v) is 3.43. The zero-order chi connectivity index (χ0) is 18.7. The molecule has 0 unspecified atom stereocenters. The van der Waals surface area contributed by atoms with Crippen LogP contribution in [0.4, 0.5) is 0 Å². The molecule has 0 aliphatic rings. The lowest BCUT2D eigenvalue weighted by Gasteiger charge is -2.18. The zero-order valence-corrected chi connectivity index (χ0v) is 15.8. The van der Waals surface area contributed by atoms with Crippen LogP contribution in [-0.4, -0.2) is 18.1 Å². The molecule has 0 aliphatic carbocycles. The molecule has 0 radical (unpaired) electrons. The van der Waals surface area contributed by atoms with E-state index < -0.39 is 0 Å². The van der Waals surface area contributed by atoms with E-state index in [2.05, 4.69) is 5.32 Å². The average molecular weight is 369 g/mol. The first-order valence-electron chi connectivity index (χ1n) is 8.47. The summed E-state index contributed by atoms with van der Waals surface area (Å²) in [6.45, 7) is 4.40. The summed E-state index contributed by atoms with van der Waals surface area (Å²) in [5, 5.41) is 5.08. The van der Waals surface area contributed by atoms with Gasteiger partial charge in [0.15, 0.2) is 0 Å². The number of carbonyl (C=O) groups excluding carboxylic acids is 1. The Hall–Kier alpha value is -2.43. The number of nitrogens with zero attached hydrogens (tertiary/aromatic N) is 1. The first kappa shape index (κ1) is 18.4. The van der Waals surface area contributed by atoms with Crippen molar-refractivity contribution < 1.29 is 9.53 Å². The van der Waals surface area contributed by atoms with E-state index in [1.54, 1.807) is 0 Å². The number of aromatic nitrogens is 1. The Kier molecular flexibility index (Phi) is 5.55. The van der Waals surface area contributed by atoms with E-state index in [0.717, 1.165) is 22.0 Å². The first-order valence-corrected chi connectivity index (χ1v) is 8.85. The number of ether oxygens (including phenoxy) is 1. The Bertz CT molecular complexity index is 956. The molecule has 3 aromatic rings. The molecule has 0 saturated carbocycles. The van der Waals surface area contributed by atoms with Crippen LogP contribution in [0, 0.1) is 6.92 Å². The molecule has 0 amide bonds. The summed E-state index contributed by atoms with van der Waals surface area (Å²) in [5.41, 5.74) is 3.94. The number of benzene rings is 2. The van der Waals surface area contributed by atoms with Crippen LogP contribution < -0.4 is 5.32 Å². The molecule has 1 heterocycles. The molecule has 2 aromatic carbocycles. The number of hydrogen-bond acceptors (Lipinski definition) is 4. The van der Waals surface area contributed by atoms with Gasteiger partial charge in [-0.25, -0.2) is 4.79 Å². The molecule has 0 fully saturated rings. The summed E-state index contributed by atoms with van der Waals surface area (Å²) in [7, 11) is 1.39. The largest absolute Gasteiger partial charge is 0.465 e. The number of fused-ring (bicyclic) bond motifs is 1. The van der Waals surface area contributed by atoms with Crippen molar-refractivity contribution in [2.24, 2.45) is 0 Å². The molecule has 3 rings (SSSR count). The topological polar surface area (TPSA) is 51.2 Å². The van der Waals surface area contributed by atoms with Crippen LogP contribution in [0.1, 0.15) is 40.1 Å². The van der Waals surface area contributed by atoms with Gasteiger partial charge in [-0.15, -0.1) is 0 Å². The SMILES string of the molecule is COC(=O)c1c(CN[C@H](C)c2ccccc2Cl)nc2ccccc2c1C. The Morgan fingerprint density at radius 3 is 2.62 bits per heavy atom. The van der Waals surface area contributed by atoms with Crippen LogP contribution in [0.25, 0.3) is 10.9 Å². The lowest BCUT2D eigenvalue weighted by molar-refractivity contribution is 0.0598. The minimum Gasteiger partial charge on any atom is -0.465 e. The van der Waals surface area contributed by atoms with E-state index in [-0.39, 0.29) is 12.0 Å². The summed E-state index contributed by atoms with van der Waals surface area (Å²) in [5.74, 6) is -0.372. The molecule has 5 heteroatoms. The second kappa shape index (κ2) is 7.85. The number of pyridine rings is 1. The van der Waals surface area contributed by atoms with Crippen molar-refractivity contribution in [1.29, 1.82) is 0 Å². The third-order valence-electron chi connectivity index (χ3n) is 4.56. The molecule has 1 aromatic heterocycles. The van der Waals surface area contributed by atoms with Gasteiger partial charge in [0.05, 0.1) is 23.9 Å². The van der Waals surface area contributed by atoms with Gasteiger partial charge in [-0.1, -0.05) is 48.0 Å². The van der Waals surface area contributed by atoms with E-state index in [0.29, 0.717) is 22.8 Å². The second-order valence-corrected chi connectivity index (χ2v) is 6.60. The summed E-state index contributed by atoms with van der Waals surface area (Å²) >= 11 is 6.28. The monoisotopic (exact) mass is 368 g/mol. The van der Waals surface area contributed by atoms with Gasteiger partial charge in [0.25, 0.3) is 0 Å². The molecular formula is C21H21ClN2O2. The molecule has 0 aliphatic heterocycles. The van der Waals surface area contributed by atoms with Crippen LogP contribution >= 0.6 is 11.6 Å². The van der Waals surface area contributed by atoms with E-state index in [1.807, 2.05) is 62.4 Å². The smallest absolute Gasteiger partial charge is 0.340 e.